The van der Waals surface area contributed by atoms with E-state index in [1.54, 1.807) is 0 Å². The van der Waals surface area contributed by atoms with Crippen molar-refractivity contribution in [1.29, 1.82) is 0 Å². The minimum absolute atomic E-state index is 0. The second-order valence-corrected chi connectivity index (χ2v) is 6.25. The van der Waals surface area contributed by atoms with Gasteiger partial charge in [0, 0.05) is 19.6 Å². The highest BCUT2D eigenvalue weighted by Gasteiger charge is 2.11. The lowest BCUT2D eigenvalue weighted by molar-refractivity contribution is 0.283. The quantitative estimate of drug-likeness (QED) is 0.337. The molecule has 2 aliphatic heterocycles. The Hall–Kier alpha value is -0.0400. The van der Waals surface area contributed by atoms with Gasteiger partial charge in [-0.3, -0.25) is 4.99 Å². The third-order valence-electron chi connectivity index (χ3n) is 4.53. The molecule has 2 rings (SSSR count). The number of hydrogen-bond acceptors (Lipinski definition) is 2. The second-order valence-electron chi connectivity index (χ2n) is 6.25. The van der Waals surface area contributed by atoms with E-state index >= 15 is 0 Å². The standard InChI is InChI=1S/C16H32N4.HI/c17-16(20-14-7-3-4-8-15-20)18-10-9-13-19-11-5-1-2-6-12-19;/h1-15H2,(H2,17,18);1H. The van der Waals surface area contributed by atoms with Crippen molar-refractivity contribution in [3.63, 3.8) is 0 Å². The van der Waals surface area contributed by atoms with Gasteiger partial charge < -0.3 is 15.5 Å². The minimum atomic E-state index is 0. The Labute approximate surface area is 147 Å². The molecule has 0 aromatic rings. The van der Waals surface area contributed by atoms with Crippen LogP contribution in [0.1, 0.15) is 57.8 Å². The van der Waals surface area contributed by atoms with Crippen LogP contribution in [-0.2, 0) is 0 Å². The maximum atomic E-state index is 6.12. The lowest BCUT2D eigenvalue weighted by Gasteiger charge is -2.22. The summed E-state index contributed by atoms with van der Waals surface area (Å²) in [5.74, 6) is 0.780. The highest BCUT2D eigenvalue weighted by molar-refractivity contribution is 14.0. The van der Waals surface area contributed by atoms with Gasteiger partial charge in [-0.25, -0.2) is 0 Å². The van der Waals surface area contributed by atoms with E-state index in [1.807, 2.05) is 0 Å². The summed E-state index contributed by atoms with van der Waals surface area (Å²) in [6.07, 6.45) is 11.9. The van der Waals surface area contributed by atoms with E-state index in [2.05, 4.69) is 14.8 Å². The Kier molecular flexibility index (Phi) is 10.4. The first-order chi connectivity index (χ1) is 9.86. The van der Waals surface area contributed by atoms with Crippen molar-refractivity contribution < 1.29 is 0 Å². The Bertz CT molecular complexity index is 280. The van der Waals surface area contributed by atoms with Gasteiger partial charge in [0.25, 0.3) is 0 Å². The van der Waals surface area contributed by atoms with Gasteiger partial charge >= 0.3 is 0 Å². The van der Waals surface area contributed by atoms with Crippen LogP contribution >= 0.6 is 24.0 Å². The maximum Gasteiger partial charge on any atom is 0.191 e. The Morgan fingerprint density at radius 1 is 0.810 bits per heavy atom. The van der Waals surface area contributed by atoms with Crippen molar-refractivity contribution in [2.45, 2.75) is 57.8 Å². The molecule has 2 aliphatic rings. The van der Waals surface area contributed by atoms with Crippen LogP contribution in [0.2, 0.25) is 0 Å². The van der Waals surface area contributed by atoms with Crippen molar-refractivity contribution in [2.75, 3.05) is 39.3 Å². The molecule has 0 unspecified atom stereocenters. The summed E-state index contributed by atoms with van der Waals surface area (Å²) < 4.78 is 0. The van der Waals surface area contributed by atoms with E-state index in [0.29, 0.717) is 0 Å². The topological polar surface area (TPSA) is 44.9 Å². The monoisotopic (exact) mass is 408 g/mol. The van der Waals surface area contributed by atoms with Crippen molar-refractivity contribution in [1.82, 2.24) is 9.80 Å². The highest BCUT2D eigenvalue weighted by Crippen LogP contribution is 2.10. The first-order valence-corrected chi connectivity index (χ1v) is 8.63. The fourth-order valence-electron chi connectivity index (χ4n) is 3.25. The van der Waals surface area contributed by atoms with Crippen LogP contribution in [0.5, 0.6) is 0 Å². The molecule has 2 heterocycles. The molecule has 0 spiro atoms. The number of rotatable bonds is 4. The molecule has 2 fully saturated rings. The van der Waals surface area contributed by atoms with Crippen molar-refractivity contribution in [3.8, 4) is 0 Å². The van der Waals surface area contributed by atoms with Gasteiger partial charge in [0.15, 0.2) is 5.96 Å². The molecule has 0 aromatic heterocycles. The summed E-state index contributed by atoms with van der Waals surface area (Å²) in [5.41, 5.74) is 6.12. The molecule has 0 amide bonds. The Morgan fingerprint density at radius 3 is 1.90 bits per heavy atom. The van der Waals surface area contributed by atoms with Crippen LogP contribution in [0.4, 0.5) is 0 Å². The highest BCUT2D eigenvalue weighted by atomic mass is 127. The van der Waals surface area contributed by atoms with E-state index in [0.717, 1.165) is 32.0 Å². The zero-order valence-electron chi connectivity index (χ0n) is 13.4. The van der Waals surface area contributed by atoms with E-state index in [4.69, 9.17) is 5.73 Å². The summed E-state index contributed by atoms with van der Waals surface area (Å²) in [4.78, 5) is 9.47. The SMILES string of the molecule is I.NC(=NCCCN1CCCCCC1)N1CCCCCC1. The van der Waals surface area contributed by atoms with Crippen LogP contribution in [0, 0.1) is 0 Å². The van der Waals surface area contributed by atoms with Crippen molar-refractivity contribution >= 4 is 29.9 Å². The van der Waals surface area contributed by atoms with Crippen LogP contribution < -0.4 is 5.73 Å². The molecule has 0 saturated carbocycles. The summed E-state index contributed by atoms with van der Waals surface area (Å²) in [7, 11) is 0. The van der Waals surface area contributed by atoms with Gasteiger partial charge in [-0.15, -0.1) is 24.0 Å². The molecule has 2 saturated heterocycles. The number of likely N-dealkylation sites (tertiary alicyclic amines) is 2. The Balaban J connectivity index is 0.00000220. The first-order valence-electron chi connectivity index (χ1n) is 8.63. The molecule has 124 valence electrons. The molecule has 0 aromatic carbocycles. The van der Waals surface area contributed by atoms with Gasteiger partial charge in [-0.05, 0) is 51.7 Å². The zero-order valence-corrected chi connectivity index (χ0v) is 15.8. The average molecular weight is 408 g/mol. The molecule has 4 nitrogen and oxygen atoms in total. The summed E-state index contributed by atoms with van der Waals surface area (Å²) in [6.45, 7) is 6.84. The van der Waals surface area contributed by atoms with E-state index in [-0.39, 0.29) is 24.0 Å². The van der Waals surface area contributed by atoms with Crippen LogP contribution in [0.25, 0.3) is 0 Å². The smallest absolute Gasteiger partial charge is 0.191 e. The molecular formula is C16H33IN4. The van der Waals surface area contributed by atoms with Crippen molar-refractivity contribution in [2.24, 2.45) is 10.7 Å². The van der Waals surface area contributed by atoms with Crippen molar-refractivity contribution in [3.05, 3.63) is 0 Å². The largest absolute Gasteiger partial charge is 0.370 e. The number of halogens is 1. The maximum absolute atomic E-state index is 6.12. The molecule has 21 heavy (non-hydrogen) atoms. The number of hydrogen-bond donors (Lipinski definition) is 1. The van der Waals surface area contributed by atoms with E-state index < -0.39 is 0 Å². The molecule has 0 radical (unpaired) electrons. The minimum Gasteiger partial charge on any atom is -0.370 e. The molecule has 5 heteroatoms. The summed E-state index contributed by atoms with van der Waals surface area (Å²) in [6, 6.07) is 0. The molecule has 0 aliphatic carbocycles. The average Bonchev–Trinajstić information content (AvgIpc) is 2.88. The predicted molar refractivity (Wildman–Crippen MR) is 101 cm³/mol. The molecule has 0 bridgehead atoms. The first kappa shape index (κ1) is 19.0. The van der Waals surface area contributed by atoms with E-state index in [9.17, 15) is 0 Å². The van der Waals surface area contributed by atoms with Gasteiger partial charge in [0.2, 0.25) is 0 Å². The van der Waals surface area contributed by atoms with E-state index in [1.165, 1.54) is 71.0 Å². The van der Waals surface area contributed by atoms with Gasteiger partial charge in [-0.2, -0.15) is 0 Å². The normalized spacial score (nSPS) is 22.3. The number of nitrogens with two attached hydrogens (primary N) is 1. The molecule has 0 atom stereocenters. The van der Waals surface area contributed by atoms with Gasteiger partial charge in [0.05, 0.1) is 0 Å². The number of aliphatic imine (C=N–C) groups is 1. The van der Waals surface area contributed by atoms with Crippen LogP contribution in [0.3, 0.4) is 0 Å². The number of guanidine groups is 1. The van der Waals surface area contributed by atoms with Gasteiger partial charge in [-0.1, -0.05) is 25.7 Å². The molecule has 2 N–H and O–H groups in total. The fraction of sp³-hybridized carbons (Fsp3) is 0.938. The second kappa shape index (κ2) is 11.5. The van der Waals surface area contributed by atoms with Crippen LogP contribution in [-0.4, -0.2) is 55.0 Å². The number of nitrogens with zero attached hydrogens (tertiary/aromatic N) is 3. The van der Waals surface area contributed by atoms with Crippen LogP contribution in [0.15, 0.2) is 4.99 Å². The van der Waals surface area contributed by atoms with Gasteiger partial charge in [0.1, 0.15) is 0 Å². The fourth-order valence-corrected chi connectivity index (χ4v) is 3.25. The molecular weight excluding hydrogens is 375 g/mol. The Morgan fingerprint density at radius 2 is 1.33 bits per heavy atom. The predicted octanol–water partition coefficient (Wildman–Crippen LogP) is 3.06. The third-order valence-corrected chi connectivity index (χ3v) is 4.53. The summed E-state index contributed by atoms with van der Waals surface area (Å²) in [5, 5.41) is 0. The zero-order chi connectivity index (χ0) is 14.0. The lowest BCUT2D eigenvalue weighted by Crippen LogP contribution is -2.38. The third kappa shape index (κ3) is 7.68. The summed E-state index contributed by atoms with van der Waals surface area (Å²) >= 11 is 0. The lowest BCUT2D eigenvalue weighted by atomic mass is 10.2.